The third-order valence-corrected chi connectivity index (χ3v) is 4.05. The van der Waals surface area contributed by atoms with Crippen LogP contribution in [0, 0.1) is 0 Å². The number of aryl methyl sites for hydroxylation is 1. The van der Waals surface area contributed by atoms with Gasteiger partial charge in [-0.3, -0.25) is 0 Å². The fourth-order valence-electron chi connectivity index (χ4n) is 2.10. The highest BCUT2D eigenvalue weighted by Gasteiger charge is 2.22. The summed E-state index contributed by atoms with van der Waals surface area (Å²) in [6.45, 7) is 1.78. The lowest BCUT2D eigenvalue weighted by molar-refractivity contribution is -0.670. The van der Waals surface area contributed by atoms with Crippen LogP contribution in [0.3, 0.4) is 0 Å². The number of halogens is 2. The van der Waals surface area contributed by atoms with Gasteiger partial charge in [0.25, 0.3) is 5.52 Å². The van der Waals surface area contributed by atoms with Gasteiger partial charge in [-0.15, -0.1) is 0 Å². The Bertz CT molecular complexity index is 568. The highest BCUT2D eigenvalue weighted by atomic mass is 79.9. The summed E-state index contributed by atoms with van der Waals surface area (Å²) in [6, 6.07) is 6.24. The zero-order valence-electron chi connectivity index (χ0n) is 8.54. The minimum Gasteiger partial charge on any atom is -0.486 e. The second kappa shape index (κ2) is 4.00. The average Bonchev–Trinajstić information content (AvgIpc) is 2.49. The third kappa shape index (κ3) is 1.55. The number of ether oxygens (including phenoxy) is 1. The molecule has 1 aromatic carbocycles. The summed E-state index contributed by atoms with van der Waals surface area (Å²) in [6.07, 6.45) is 3.15. The van der Waals surface area contributed by atoms with Crippen LogP contribution < -0.4 is 9.30 Å². The van der Waals surface area contributed by atoms with E-state index in [0.29, 0.717) is 0 Å². The number of hydrogen-bond donors (Lipinski definition) is 0. The lowest BCUT2D eigenvalue weighted by Gasteiger charge is -2.07. The summed E-state index contributed by atoms with van der Waals surface area (Å²) in [5.74, 6) is 0.955. The quantitative estimate of drug-likeness (QED) is 0.668. The lowest BCUT2D eigenvalue weighted by Crippen LogP contribution is -2.33. The van der Waals surface area contributed by atoms with E-state index >= 15 is 0 Å². The molecule has 0 aliphatic carbocycles. The van der Waals surface area contributed by atoms with Crippen LogP contribution in [0.1, 0.15) is 6.42 Å². The SMILES string of the molecule is Brc1cc(Br)c2ccc[n+]3c2c1OCCC3. The summed E-state index contributed by atoms with van der Waals surface area (Å²) in [7, 11) is 0. The Kier molecular flexibility index (Phi) is 2.64. The number of hydrogen-bond acceptors (Lipinski definition) is 1. The maximum Gasteiger partial charge on any atom is 0.257 e. The van der Waals surface area contributed by atoms with Crippen molar-refractivity contribution >= 4 is 42.8 Å². The zero-order valence-corrected chi connectivity index (χ0v) is 11.7. The lowest BCUT2D eigenvalue weighted by atomic mass is 10.2. The van der Waals surface area contributed by atoms with Gasteiger partial charge in [0.2, 0.25) is 5.75 Å². The molecule has 82 valence electrons. The van der Waals surface area contributed by atoms with Gasteiger partial charge in [0.05, 0.1) is 16.5 Å². The van der Waals surface area contributed by atoms with Crippen LogP contribution in [-0.4, -0.2) is 6.61 Å². The molecule has 0 spiro atoms. The van der Waals surface area contributed by atoms with Crippen LogP contribution in [0.15, 0.2) is 33.3 Å². The van der Waals surface area contributed by atoms with Crippen LogP contribution in [0.2, 0.25) is 0 Å². The highest BCUT2D eigenvalue weighted by molar-refractivity contribution is 9.11. The van der Waals surface area contributed by atoms with Crippen molar-refractivity contribution in [2.24, 2.45) is 0 Å². The first-order valence-corrected chi connectivity index (χ1v) is 6.79. The first kappa shape index (κ1) is 10.5. The number of benzene rings is 1. The molecule has 0 amide bonds. The maximum atomic E-state index is 5.82. The van der Waals surface area contributed by atoms with Crippen molar-refractivity contribution in [2.45, 2.75) is 13.0 Å². The maximum absolute atomic E-state index is 5.82. The smallest absolute Gasteiger partial charge is 0.257 e. The molecular formula is C12H10Br2NO+. The summed E-state index contributed by atoms with van der Waals surface area (Å²) < 4.78 is 10.2. The Morgan fingerprint density at radius 1 is 1.25 bits per heavy atom. The van der Waals surface area contributed by atoms with E-state index in [1.54, 1.807) is 0 Å². The summed E-state index contributed by atoms with van der Waals surface area (Å²) in [5, 5.41) is 1.20. The summed E-state index contributed by atoms with van der Waals surface area (Å²) >= 11 is 7.16. The molecule has 0 saturated heterocycles. The van der Waals surface area contributed by atoms with Crippen molar-refractivity contribution in [3.8, 4) is 5.75 Å². The largest absolute Gasteiger partial charge is 0.486 e. The van der Waals surface area contributed by atoms with Gasteiger partial charge in [0, 0.05) is 17.0 Å². The van der Waals surface area contributed by atoms with Gasteiger partial charge >= 0.3 is 0 Å². The second-order valence-electron chi connectivity index (χ2n) is 3.84. The van der Waals surface area contributed by atoms with E-state index in [1.807, 2.05) is 6.07 Å². The topological polar surface area (TPSA) is 13.1 Å². The molecule has 2 aromatic rings. The molecule has 0 bridgehead atoms. The van der Waals surface area contributed by atoms with Crippen molar-refractivity contribution in [1.29, 1.82) is 0 Å². The molecule has 0 atom stereocenters. The molecule has 2 nitrogen and oxygen atoms in total. The van der Waals surface area contributed by atoms with Gasteiger partial charge in [-0.05, 0) is 44.0 Å². The Labute approximate surface area is 110 Å². The molecule has 1 aliphatic rings. The van der Waals surface area contributed by atoms with Crippen LogP contribution >= 0.6 is 31.9 Å². The van der Waals surface area contributed by atoms with E-state index in [0.717, 1.165) is 34.3 Å². The van der Waals surface area contributed by atoms with Gasteiger partial charge in [-0.1, -0.05) is 0 Å². The van der Waals surface area contributed by atoms with Gasteiger partial charge in [0.1, 0.15) is 0 Å². The third-order valence-electron chi connectivity index (χ3n) is 2.80. The van der Waals surface area contributed by atoms with Crippen molar-refractivity contribution in [3.05, 3.63) is 33.3 Å². The predicted molar refractivity (Wildman–Crippen MR) is 69.7 cm³/mol. The molecule has 4 heteroatoms. The van der Waals surface area contributed by atoms with E-state index < -0.39 is 0 Å². The molecule has 16 heavy (non-hydrogen) atoms. The minimum absolute atomic E-state index is 0.775. The Morgan fingerprint density at radius 2 is 2.12 bits per heavy atom. The van der Waals surface area contributed by atoms with E-state index in [1.165, 1.54) is 10.9 Å². The molecule has 0 saturated carbocycles. The molecule has 0 fully saturated rings. The molecule has 2 heterocycles. The zero-order chi connectivity index (χ0) is 11.1. The van der Waals surface area contributed by atoms with Gasteiger partial charge in [-0.25, -0.2) is 0 Å². The Morgan fingerprint density at radius 3 is 3.00 bits per heavy atom. The van der Waals surface area contributed by atoms with Gasteiger partial charge < -0.3 is 4.74 Å². The number of aromatic nitrogens is 1. The monoisotopic (exact) mass is 342 g/mol. The first-order valence-electron chi connectivity index (χ1n) is 5.20. The predicted octanol–water partition coefficient (Wildman–Crippen LogP) is 3.43. The van der Waals surface area contributed by atoms with Crippen molar-refractivity contribution < 1.29 is 9.30 Å². The van der Waals surface area contributed by atoms with Gasteiger partial charge in [0.15, 0.2) is 12.7 Å². The minimum atomic E-state index is 0.775. The Hall–Kier alpha value is -0.610. The molecular weight excluding hydrogens is 334 g/mol. The average molecular weight is 344 g/mol. The molecule has 0 N–H and O–H groups in total. The molecule has 1 aliphatic heterocycles. The number of nitrogens with zero attached hydrogens (tertiary/aromatic N) is 1. The Balaban J connectivity index is 2.48. The van der Waals surface area contributed by atoms with E-state index in [-0.39, 0.29) is 0 Å². The standard InChI is InChI=1S/C12H10Br2NO/c13-9-7-10(14)12-11-8(9)3-1-4-15(11)5-2-6-16-12/h1,3-4,7H,2,5-6H2/q+1. The van der Waals surface area contributed by atoms with Crippen LogP contribution in [-0.2, 0) is 6.54 Å². The van der Waals surface area contributed by atoms with Crippen molar-refractivity contribution in [1.82, 2.24) is 0 Å². The number of rotatable bonds is 0. The summed E-state index contributed by atoms with van der Waals surface area (Å²) in [5.41, 5.74) is 1.17. The van der Waals surface area contributed by atoms with Crippen molar-refractivity contribution in [2.75, 3.05) is 6.61 Å². The normalized spacial score (nSPS) is 14.6. The fraction of sp³-hybridized carbons (Fsp3) is 0.250. The van der Waals surface area contributed by atoms with E-state index in [2.05, 4.69) is 54.8 Å². The summed E-state index contributed by atoms with van der Waals surface area (Å²) in [4.78, 5) is 0. The van der Waals surface area contributed by atoms with E-state index in [4.69, 9.17) is 4.74 Å². The van der Waals surface area contributed by atoms with Crippen LogP contribution in [0.4, 0.5) is 0 Å². The van der Waals surface area contributed by atoms with E-state index in [9.17, 15) is 0 Å². The van der Waals surface area contributed by atoms with Crippen LogP contribution in [0.25, 0.3) is 10.9 Å². The first-order chi connectivity index (χ1) is 7.77. The van der Waals surface area contributed by atoms with Gasteiger partial charge in [-0.2, -0.15) is 4.57 Å². The molecule has 0 unspecified atom stereocenters. The molecule has 1 aromatic heterocycles. The molecule has 3 rings (SSSR count). The van der Waals surface area contributed by atoms with Crippen molar-refractivity contribution in [3.63, 3.8) is 0 Å². The fourth-order valence-corrected chi connectivity index (χ4v) is 3.48. The number of pyridine rings is 1. The van der Waals surface area contributed by atoms with Crippen LogP contribution in [0.5, 0.6) is 5.75 Å². The highest BCUT2D eigenvalue weighted by Crippen LogP contribution is 2.37. The molecule has 0 radical (unpaired) electrons. The second-order valence-corrected chi connectivity index (χ2v) is 5.54.